The zero-order valence-corrected chi connectivity index (χ0v) is 11.9. The average Bonchev–Trinajstić information content (AvgIpc) is 2.34. The summed E-state index contributed by atoms with van der Waals surface area (Å²) in [7, 11) is 0. The van der Waals surface area contributed by atoms with Crippen molar-refractivity contribution in [3.8, 4) is 0 Å². The van der Waals surface area contributed by atoms with E-state index in [0.717, 1.165) is 24.4 Å². The van der Waals surface area contributed by atoms with E-state index < -0.39 is 0 Å². The summed E-state index contributed by atoms with van der Waals surface area (Å²) in [6.45, 7) is 4.25. The summed E-state index contributed by atoms with van der Waals surface area (Å²) in [6, 6.07) is 5.05. The fraction of sp³-hybridized carbons (Fsp3) is 0.500. The summed E-state index contributed by atoms with van der Waals surface area (Å²) in [6.07, 6.45) is 0. The Morgan fingerprint density at radius 3 is 2.95 bits per heavy atom. The molecule has 0 atom stereocenters. The number of hydrogen-bond donors (Lipinski definition) is 2. The molecular weight excluding hydrogens is 263 g/mol. The fourth-order valence-electron chi connectivity index (χ4n) is 1.78. The van der Waals surface area contributed by atoms with E-state index in [0.29, 0.717) is 23.8 Å². The van der Waals surface area contributed by atoms with Crippen molar-refractivity contribution in [1.82, 2.24) is 10.6 Å². The highest BCUT2D eigenvalue weighted by atomic mass is 32.2. The quantitative estimate of drug-likeness (QED) is 0.834. The smallest absolute Gasteiger partial charge is 0.230 e. The maximum absolute atomic E-state index is 13.3. The number of thioether (sulfide) groups is 1. The fourth-order valence-corrected chi connectivity index (χ4v) is 2.76. The molecule has 1 aliphatic heterocycles. The summed E-state index contributed by atoms with van der Waals surface area (Å²) in [5.74, 6) is 2.01. The van der Waals surface area contributed by atoms with Gasteiger partial charge in [0.1, 0.15) is 5.82 Å². The normalized spacial score (nSPS) is 15.1. The van der Waals surface area contributed by atoms with E-state index in [1.165, 1.54) is 6.07 Å². The van der Waals surface area contributed by atoms with Gasteiger partial charge in [0.25, 0.3) is 0 Å². The van der Waals surface area contributed by atoms with Gasteiger partial charge in [-0.1, -0.05) is 12.1 Å². The number of rotatable bonds is 6. The van der Waals surface area contributed by atoms with Gasteiger partial charge in [-0.25, -0.2) is 4.39 Å². The van der Waals surface area contributed by atoms with Crippen molar-refractivity contribution in [2.24, 2.45) is 5.92 Å². The van der Waals surface area contributed by atoms with E-state index in [4.69, 9.17) is 0 Å². The number of carbonyl (C=O) groups excluding carboxylic acids is 1. The van der Waals surface area contributed by atoms with Crippen molar-refractivity contribution >= 4 is 17.7 Å². The second-order valence-electron chi connectivity index (χ2n) is 4.90. The van der Waals surface area contributed by atoms with Gasteiger partial charge in [-0.15, -0.1) is 0 Å². The van der Waals surface area contributed by atoms with Crippen molar-refractivity contribution < 1.29 is 9.18 Å². The van der Waals surface area contributed by atoms with Gasteiger partial charge in [0.2, 0.25) is 5.91 Å². The molecule has 104 valence electrons. The highest BCUT2D eigenvalue weighted by molar-refractivity contribution is 7.99. The van der Waals surface area contributed by atoms with Crippen LogP contribution in [0.3, 0.4) is 0 Å². The van der Waals surface area contributed by atoms with E-state index in [9.17, 15) is 9.18 Å². The molecule has 0 saturated carbocycles. The summed E-state index contributed by atoms with van der Waals surface area (Å²) in [4.78, 5) is 11.6. The molecule has 0 unspecified atom stereocenters. The van der Waals surface area contributed by atoms with Crippen LogP contribution in [0.15, 0.2) is 18.2 Å². The van der Waals surface area contributed by atoms with Crippen molar-refractivity contribution in [3.05, 3.63) is 35.1 Å². The molecule has 5 heteroatoms. The summed E-state index contributed by atoms with van der Waals surface area (Å²) in [5, 5.41) is 6.02. The number of aryl methyl sites for hydroxylation is 1. The van der Waals surface area contributed by atoms with Crippen LogP contribution < -0.4 is 10.6 Å². The molecule has 1 aliphatic rings. The summed E-state index contributed by atoms with van der Waals surface area (Å²) < 4.78 is 13.3. The minimum absolute atomic E-state index is 0.0123. The molecule has 3 nitrogen and oxygen atoms in total. The zero-order valence-electron chi connectivity index (χ0n) is 11.0. The van der Waals surface area contributed by atoms with Gasteiger partial charge in [-0.3, -0.25) is 4.79 Å². The number of carbonyl (C=O) groups is 1. The van der Waals surface area contributed by atoms with Gasteiger partial charge >= 0.3 is 0 Å². The molecule has 0 radical (unpaired) electrons. The third-order valence-corrected chi connectivity index (χ3v) is 4.35. The third kappa shape index (κ3) is 4.51. The Morgan fingerprint density at radius 2 is 2.32 bits per heavy atom. The molecule has 1 amide bonds. The Hall–Kier alpha value is -1.07. The second-order valence-corrected chi connectivity index (χ2v) is 5.93. The lowest BCUT2D eigenvalue weighted by Crippen LogP contribution is -2.43. The Kier molecular flexibility index (Phi) is 5.22. The third-order valence-electron chi connectivity index (χ3n) is 3.18. The van der Waals surface area contributed by atoms with Crippen LogP contribution in [-0.2, 0) is 11.3 Å². The van der Waals surface area contributed by atoms with Gasteiger partial charge in [0.05, 0.1) is 5.75 Å². The molecule has 1 saturated heterocycles. The van der Waals surface area contributed by atoms with Crippen molar-refractivity contribution in [2.45, 2.75) is 13.5 Å². The highest BCUT2D eigenvalue weighted by Gasteiger charge is 2.16. The van der Waals surface area contributed by atoms with Crippen molar-refractivity contribution in [3.63, 3.8) is 0 Å². The van der Waals surface area contributed by atoms with Crippen LogP contribution in [0, 0.1) is 18.7 Å². The Balaban J connectivity index is 1.65. The highest BCUT2D eigenvalue weighted by Crippen LogP contribution is 2.12. The van der Waals surface area contributed by atoms with Crippen LogP contribution in [0.25, 0.3) is 0 Å². The van der Waals surface area contributed by atoms with Gasteiger partial charge in [0, 0.05) is 6.54 Å². The molecule has 0 spiro atoms. The molecule has 1 aromatic carbocycles. The number of benzene rings is 1. The lowest BCUT2D eigenvalue weighted by molar-refractivity contribution is -0.118. The Labute approximate surface area is 117 Å². The van der Waals surface area contributed by atoms with E-state index >= 15 is 0 Å². The van der Waals surface area contributed by atoms with Gasteiger partial charge in [-0.2, -0.15) is 11.8 Å². The average molecular weight is 282 g/mol. The number of hydrogen-bond acceptors (Lipinski definition) is 3. The predicted octanol–water partition coefficient (Wildman–Crippen LogP) is 1.70. The monoisotopic (exact) mass is 282 g/mol. The van der Waals surface area contributed by atoms with E-state index in [-0.39, 0.29) is 11.7 Å². The maximum atomic E-state index is 13.3. The number of nitrogens with one attached hydrogen (secondary N) is 2. The zero-order chi connectivity index (χ0) is 13.7. The Bertz CT molecular complexity index is 449. The molecule has 19 heavy (non-hydrogen) atoms. The molecule has 2 N–H and O–H groups in total. The standard InChI is InChI=1S/C14H19FN2OS/c1-10-2-3-11(4-13(10)15)7-17-14(18)9-19-8-12-5-16-6-12/h2-4,12,16H,5-9H2,1H3,(H,17,18). The number of amides is 1. The first-order valence-electron chi connectivity index (χ1n) is 6.45. The lowest BCUT2D eigenvalue weighted by Gasteiger charge is -2.26. The molecular formula is C14H19FN2OS. The topological polar surface area (TPSA) is 41.1 Å². The first kappa shape index (κ1) is 14.3. The van der Waals surface area contributed by atoms with Crippen LogP contribution >= 0.6 is 11.8 Å². The molecule has 0 aromatic heterocycles. The SMILES string of the molecule is Cc1ccc(CNC(=O)CSCC2CNC2)cc1F. The van der Waals surface area contributed by atoms with Crippen LogP contribution in [-0.4, -0.2) is 30.5 Å². The van der Waals surface area contributed by atoms with E-state index in [1.807, 2.05) is 6.07 Å². The first-order valence-corrected chi connectivity index (χ1v) is 7.61. The van der Waals surface area contributed by atoms with E-state index in [1.54, 1.807) is 24.8 Å². The maximum Gasteiger partial charge on any atom is 0.230 e. The van der Waals surface area contributed by atoms with Crippen LogP contribution in [0.1, 0.15) is 11.1 Å². The van der Waals surface area contributed by atoms with Crippen molar-refractivity contribution in [1.29, 1.82) is 0 Å². The van der Waals surface area contributed by atoms with Crippen LogP contribution in [0.5, 0.6) is 0 Å². The predicted molar refractivity (Wildman–Crippen MR) is 76.7 cm³/mol. The minimum Gasteiger partial charge on any atom is -0.351 e. The molecule has 1 heterocycles. The lowest BCUT2D eigenvalue weighted by atomic mass is 10.1. The van der Waals surface area contributed by atoms with Gasteiger partial charge in [0.15, 0.2) is 0 Å². The van der Waals surface area contributed by atoms with Gasteiger partial charge < -0.3 is 10.6 Å². The van der Waals surface area contributed by atoms with E-state index in [2.05, 4.69) is 10.6 Å². The summed E-state index contributed by atoms with van der Waals surface area (Å²) >= 11 is 1.66. The molecule has 1 fully saturated rings. The molecule has 2 rings (SSSR count). The van der Waals surface area contributed by atoms with Crippen LogP contribution in [0.4, 0.5) is 4.39 Å². The minimum atomic E-state index is -0.224. The van der Waals surface area contributed by atoms with Crippen molar-refractivity contribution in [2.75, 3.05) is 24.6 Å². The van der Waals surface area contributed by atoms with Crippen LogP contribution in [0.2, 0.25) is 0 Å². The molecule has 0 bridgehead atoms. The molecule has 0 aliphatic carbocycles. The van der Waals surface area contributed by atoms with Gasteiger partial charge in [-0.05, 0) is 48.9 Å². The largest absolute Gasteiger partial charge is 0.351 e. The number of halogens is 1. The molecule has 1 aromatic rings. The summed E-state index contributed by atoms with van der Waals surface area (Å²) in [5.41, 5.74) is 1.42. The first-order chi connectivity index (χ1) is 9.15. The second kappa shape index (κ2) is 6.91. The Morgan fingerprint density at radius 1 is 1.53 bits per heavy atom.